The zero-order valence-electron chi connectivity index (χ0n) is 14.4. The predicted molar refractivity (Wildman–Crippen MR) is 103 cm³/mol. The second kappa shape index (κ2) is 7.25. The first-order valence-electron chi connectivity index (χ1n) is 8.96. The Balaban J connectivity index is 1.39. The zero-order chi connectivity index (χ0) is 18.1. The highest BCUT2D eigenvalue weighted by Crippen LogP contribution is 2.29. The number of piperazine rings is 1. The van der Waals surface area contributed by atoms with Crippen LogP contribution in [0.1, 0.15) is 23.2 Å². The average molecular weight is 374 g/mol. The maximum absolute atomic E-state index is 13.8. The van der Waals surface area contributed by atoms with Crippen LogP contribution in [0.5, 0.6) is 0 Å². The van der Waals surface area contributed by atoms with E-state index in [2.05, 4.69) is 15.1 Å². The zero-order valence-corrected chi connectivity index (χ0v) is 15.2. The summed E-state index contributed by atoms with van der Waals surface area (Å²) in [5.41, 5.74) is 1.63. The average Bonchev–Trinajstić information content (AvgIpc) is 3.48. The minimum atomic E-state index is -0.625. The first-order chi connectivity index (χ1) is 12.6. The Morgan fingerprint density at radius 1 is 1.04 bits per heavy atom. The number of halogens is 2. The second-order valence-electron chi connectivity index (χ2n) is 6.85. The summed E-state index contributed by atoms with van der Waals surface area (Å²) in [6.45, 7) is 4.25. The van der Waals surface area contributed by atoms with Crippen molar-refractivity contribution in [1.29, 1.82) is 0 Å². The Bertz CT molecular complexity index is 779. The lowest BCUT2D eigenvalue weighted by Crippen LogP contribution is -2.47. The summed E-state index contributed by atoms with van der Waals surface area (Å²) < 4.78 is 13.8. The molecule has 1 heterocycles. The van der Waals surface area contributed by atoms with Crippen LogP contribution in [-0.4, -0.2) is 43.0 Å². The maximum Gasteiger partial charge on any atom is 0.260 e. The van der Waals surface area contributed by atoms with Gasteiger partial charge < -0.3 is 10.2 Å². The molecule has 2 aromatic rings. The molecule has 6 heteroatoms. The first kappa shape index (κ1) is 17.3. The summed E-state index contributed by atoms with van der Waals surface area (Å²) in [6.07, 6.45) is 2.70. The molecule has 1 N–H and O–H groups in total. The van der Waals surface area contributed by atoms with E-state index in [9.17, 15) is 9.18 Å². The van der Waals surface area contributed by atoms with Gasteiger partial charge in [-0.2, -0.15) is 0 Å². The standard InChI is InChI=1S/C20H21ClFN3O/c21-17-2-1-3-18(22)19(17)20(26)23-14-4-6-15(7-5-14)24-10-12-25(13-11-24)16-8-9-16/h1-7,16H,8-13H2,(H,23,26). The van der Waals surface area contributed by atoms with Crippen LogP contribution in [-0.2, 0) is 0 Å². The molecule has 1 aliphatic heterocycles. The van der Waals surface area contributed by atoms with Gasteiger partial charge in [0.1, 0.15) is 5.82 Å². The molecular weight excluding hydrogens is 353 g/mol. The van der Waals surface area contributed by atoms with Gasteiger partial charge in [0.05, 0.1) is 10.6 Å². The molecule has 4 nitrogen and oxygen atoms in total. The number of rotatable bonds is 4. The number of nitrogens with zero attached hydrogens (tertiary/aromatic N) is 2. The van der Waals surface area contributed by atoms with Crippen LogP contribution in [0.4, 0.5) is 15.8 Å². The number of amides is 1. The van der Waals surface area contributed by atoms with E-state index in [1.54, 1.807) is 0 Å². The summed E-state index contributed by atoms with van der Waals surface area (Å²) >= 11 is 5.94. The van der Waals surface area contributed by atoms with Crippen LogP contribution in [0.25, 0.3) is 0 Å². The van der Waals surface area contributed by atoms with Crippen molar-refractivity contribution in [1.82, 2.24) is 4.90 Å². The van der Waals surface area contributed by atoms with Crippen molar-refractivity contribution in [3.8, 4) is 0 Å². The third kappa shape index (κ3) is 3.69. The van der Waals surface area contributed by atoms with Crippen LogP contribution < -0.4 is 10.2 Å². The lowest BCUT2D eigenvalue weighted by atomic mass is 10.2. The molecule has 0 aromatic heterocycles. The van der Waals surface area contributed by atoms with Gasteiger partial charge in [-0.25, -0.2) is 4.39 Å². The normalized spacial score (nSPS) is 18.0. The molecule has 1 amide bonds. The van der Waals surface area contributed by atoms with Gasteiger partial charge in [0.2, 0.25) is 0 Å². The fourth-order valence-corrected chi connectivity index (χ4v) is 3.70. The first-order valence-corrected chi connectivity index (χ1v) is 9.34. The molecule has 1 aliphatic carbocycles. The highest BCUT2D eigenvalue weighted by molar-refractivity contribution is 6.34. The quantitative estimate of drug-likeness (QED) is 0.879. The van der Waals surface area contributed by atoms with Gasteiger partial charge in [-0.05, 0) is 49.2 Å². The monoisotopic (exact) mass is 373 g/mol. The molecule has 2 aliphatic rings. The molecule has 0 atom stereocenters. The number of carbonyl (C=O) groups excluding carboxylic acids is 1. The van der Waals surface area contributed by atoms with Crippen LogP contribution in [0.15, 0.2) is 42.5 Å². The molecule has 4 rings (SSSR count). The van der Waals surface area contributed by atoms with E-state index >= 15 is 0 Å². The van der Waals surface area contributed by atoms with E-state index < -0.39 is 11.7 Å². The van der Waals surface area contributed by atoms with Gasteiger partial charge in [0.25, 0.3) is 5.91 Å². The summed E-state index contributed by atoms with van der Waals surface area (Å²) in [5, 5.41) is 2.81. The van der Waals surface area contributed by atoms with Gasteiger partial charge in [-0.3, -0.25) is 9.69 Å². The molecular formula is C20H21ClFN3O. The van der Waals surface area contributed by atoms with Crippen LogP contribution in [0, 0.1) is 5.82 Å². The topological polar surface area (TPSA) is 35.6 Å². The predicted octanol–water partition coefficient (Wildman–Crippen LogP) is 4.02. The summed E-state index contributed by atoms with van der Waals surface area (Å²) in [4.78, 5) is 17.2. The van der Waals surface area contributed by atoms with Gasteiger partial charge in [0, 0.05) is 43.6 Å². The van der Waals surface area contributed by atoms with E-state index in [-0.39, 0.29) is 10.6 Å². The Morgan fingerprint density at radius 3 is 2.35 bits per heavy atom. The Hall–Kier alpha value is -2.11. The molecule has 1 saturated heterocycles. The van der Waals surface area contributed by atoms with Gasteiger partial charge in [-0.15, -0.1) is 0 Å². The number of benzene rings is 2. The van der Waals surface area contributed by atoms with Gasteiger partial charge >= 0.3 is 0 Å². The fraction of sp³-hybridized carbons (Fsp3) is 0.350. The molecule has 0 radical (unpaired) electrons. The summed E-state index contributed by atoms with van der Waals surface area (Å²) in [6, 6.07) is 12.7. The maximum atomic E-state index is 13.8. The Morgan fingerprint density at radius 2 is 1.73 bits per heavy atom. The third-order valence-corrected chi connectivity index (χ3v) is 5.37. The highest BCUT2D eigenvalue weighted by Gasteiger charge is 2.31. The van der Waals surface area contributed by atoms with Crippen molar-refractivity contribution in [2.24, 2.45) is 0 Å². The molecule has 0 spiro atoms. The smallest absolute Gasteiger partial charge is 0.260 e. The molecule has 2 fully saturated rings. The van der Waals surface area contributed by atoms with Crippen molar-refractivity contribution in [3.63, 3.8) is 0 Å². The summed E-state index contributed by atoms with van der Waals surface area (Å²) in [5.74, 6) is -1.17. The largest absolute Gasteiger partial charge is 0.369 e. The summed E-state index contributed by atoms with van der Waals surface area (Å²) in [7, 11) is 0. The SMILES string of the molecule is O=C(Nc1ccc(N2CCN(C3CC3)CC2)cc1)c1c(F)cccc1Cl. The van der Waals surface area contributed by atoms with E-state index in [0.29, 0.717) is 5.69 Å². The van der Waals surface area contributed by atoms with Crippen molar-refractivity contribution < 1.29 is 9.18 Å². The molecule has 26 heavy (non-hydrogen) atoms. The number of hydrogen-bond donors (Lipinski definition) is 1. The number of nitrogens with one attached hydrogen (secondary N) is 1. The highest BCUT2D eigenvalue weighted by atomic mass is 35.5. The Labute approximate surface area is 157 Å². The Kier molecular flexibility index (Phi) is 4.83. The molecule has 2 aromatic carbocycles. The molecule has 136 valence electrons. The van der Waals surface area contributed by atoms with E-state index in [4.69, 9.17) is 11.6 Å². The van der Waals surface area contributed by atoms with E-state index in [0.717, 1.165) is 37.9 Å². The number of carbonyl (C=O) groups is 1. The van der Waals surface area contributed by atoms with Crippen LogP contribution in [0.3, 0.4) is 0 Å². The van der Waals surface area contributed by atoms with Crippen LogP contribution >= 0.6 is 11.6 Å². The van der Waals surface area contributed by atoms with E-state index in [1.165, 1.54) is 31.0 Å². The van der Waals surface area contributed by atoms with Crippen molar-refractivity contribution in [2.75, 3.05) is 36.4 Å². The second-order valence-corrected chi connectivity index (χ2v) is 7.26. The lowest BCUT2D eigenvalue weighted by Gasteiger charge is -2.36. The van der Waals surface area contributed by atoms with Crippen LogP contribution in [0.2, 0.25) is 5.02 Å². The molecule has 0 unspecified atom stereocenters. The molecule has 0 bridgehead atoms. The van der Waals surface area contributed by atoms with Gasteiger partial charge in [-0.1, -0.05) is 17.7 Å². The molecule has 1 saturated carbocycles. The lowest BCUT2D eigenvalue weighted by molar-refractivity contribution is 0.102. The van der Waals surface area contributed by atoms with E-state index in [1.807, 2.05) is 24.3 Å². The van der Waals surface area contributed by atoms with Gasteiger partial charge in [0.15, 0.2) is 0 Å². The minimum absolute atomic E-state index is 0.104. The van der Waals surface area contributed by atoms with Crippen molar-refractivity contribution in [3.05, 3.63) is 58.9 Å². The third-order valence-electron chi connectivity index (χ3n) is 5.06. The van der Waals surface area contributed by atoms with Crippen molar-refractivity contribution >= 4 is 28.9 Å². The minimum Gasteiger partial charge on any atom is -0.369 e. The van der Waals surface area contributed by atoms with Crippen molar-refractivity contribution in [2.45, 2.75) is 18.9 Å². The number of hydrogen-bond acceptors (Lipinski definition) is 3. The number of anilines is 2. The fourth-order valence-electron chi connectivity index (χ4n) is 3.45.